The molecule has 0 unspecified atom stereocenters. The van der Waals surface area contributed by atoms with Crippen molar-refractivity contribution in [3.05, 3.63) is 59.7 Å². The molecule has 2 aromatic carbocycles. The van der Waals surface area contributed by atoms with Crippen molar-refractivity contribution in [3.63, 3.8) is 0 Å². The van der Waals surface area contributed by atoms with E-state index in [2.05, 4.69) is 28.4 Å². The lowest BCUT2D eigenvalue weighted by molar-refractivity contribution is -0.117. The predicted molar refractivity (Wildman–Crippen MR) is 122 cm³/mol. The molecule has 4 rings (SSSR count). The number of fused-ring (bicyclic) bond motifs is 1. The number of likely N-dealkylation sites (N-methyl/N-ethyl adjacent to an activating group) is 1. The summed E-state index contributed by atoms with van der Waals surface area (Å²) in [5.41, 5.74) is 3.28. The number of sulfonamides is 1. The fourth-order valence-corrected chi connectivity index (χ4v) is 6.19. The second-order valence-electron chi connectivity index (χ2n) is 8.56. The lowest BCUT2D eigenvalue weighted by Crippen LogP contribution is -2.32. The van der Waals surface area contributed by atoms with Crippen molar-refractivity contribution >= 4 is 21.6 Å². The summed E-state index contributed by atoms with van der Waals surface area (Å²) in [5, 5.41) is 2.90. The number of rotatable bonds is 6. The molecule has 6 nitrogen and oxygen atoms in total. The van der Waals surface area contributed by atoms with Crippen LogP contribution in [0.15, 0.2) is 53.4 Å². The fraction of sp³-hybridized carbons (Fsp3) is 0.458. The molecule has 1 heterocycles. The Hall–Kier alpha value is -2.22. The third kappa shape index (κ3) is 5.00. The topological polar surface area (TPSA) is 69.7 Å². The summed E-state index contributed by atoms with van der Waals surface area (Å²) in [5.74, 6) is -0.102. The van der Waals surface area contributed by atoms with Gasteiger partial charge < -0.3 is 5.32 Å². The van der Waals surface area contributed by atoms with Gasteiger partial charge in [0.1, 0.15) is 0 Å². The highest BCUT2D eigenvalue weighted by Gasteiger charge is 2.27. The molecule has 2 aromatic rings. The van der Waals surface area contributed by atoms with Crippen molar-refractivity contribution in [2.24, 2.45) is 0 Å². The molecule has 1 aliphatic carbocycles. The molecule has 31 heavy (non-hydrogen) atoms. The standard InChI is InChI=1S/C24H31N3O3S/c1-26(23-15-10-19-8-4-5-9-22(19)23)18-24(28)25-20-11-13-21(14-12-20)31(29,30)27-16-6-2-3-7-17-27/h4-5,8-9,11-14,23H,2-3,6-7,10,15-18H2,1H3,(H,25,28)/t23-/m1/s1. The molecule has 166 valence electrons. The summed E-state index contributed by atoms with van der Waals surface area (Å²) < 4.78 is 27.4. The van der Waals surface area contributed by atoms with E-state index in [4.69, 9.17) is 0 Å². The van der Waals surface area contributed by atoms with Crippen molar-refractivity contribution in [2.45, 2.75) is 49.5 Å². The van der Waals surface area contributed by atoms with Gasteiger partial charge in [0, 0.05) is 24.8 Å². The van der Waals surface area contributed by atoms with E-state index in [9.17, 15) is 13.2 Å². The third-order valence-electron chi connectivity index (χ3n) is 6.37. The molecular formula is C24H31N3O3S. The van der Waals surface area contributed by atoms with Crippen LogP contribution in [0, 0.1) is 0 Å². The van der Waals surface area contributed by atoms with Gasteiger partial charge in [-0.3, -0.25) is 9.69 Å². The molecule has 7 heteroatoms. The van der Waals surface area contributed by atoms with Gasteiger partial charge in [-0.25, -0.2) is 8.42 Å². The van der Waals surface area contributed by atoms with Crippen molar-refractivity contribution in [1.29, 1.82) is 0 Å². The van der Waals surface area contributed by atoms with Crippen LogP contribution in [0.5, 0.6) is 0 Å². The third-order valence-corrected chi connectivity index (χ3v) is 8.28. The molecule has 1 aliphatic heterocycles. The van der Waals surface area contributed by atoms with Gasteiger partial charge >= 0.3 is 0 Å². The fourth-order valence-electron chi connectivity index (χ4n) is 4.67. The summed E-state index contributed by atoms with van der Waals surface area (Å²) >= 11 is 0. The second-order valence-corrected chi connectivity index (χ2v) is 10.5. The number of nitrogens with one attached hydrogen (secondary N) is 1. The van der Waals surface area contributed by atoms with E-state index in [0.29, 0.717) is 18.8 Å². The number of nitrogens with zero attached hydrogens (tertiary/aromatic N) is 2. The van der Waals surface area contributed by atoms with Gasteiger partial charge in [0.25, 0.3) is 0 Å². The zero-order chi connectivity index (χ0) is 21.8. The molecule has 0 spiro atoms. The zero-order valence-electron chi connectivity index (χ0n) is 18.1. The first-order valence-corrected chi connectivity index (χ1v) is 12.6. The smallest absolute Gasteiger partial charge is 0.243 e. The molecule has 2 aliphatic rings. The average Bonchev–Trinajstić information content (AvgIpc) is 2.99. The number of carbonyl (C=O) groups excluding carboxylic acids is 1. The van der Waals surface area contributed by atoms with Crippen molar-refractivity contribution < 1.29 is 13.2 Å². The Morgan fingerprint density at radius 3 is 2.42 bits per heavy atom. The van der Waals surface area contributed by atoms with Crippen LogP contribution in [-0.2, 0) is 21.2 Å². The van der Waals surface area contributed by atoms with E-state index in [1.807, 2.05) is 13.1 Å². The van der Waals surface area contributed by atoms with Crippen LogP contribution < -0.4 is 5.32 Å². The molecular weight excluding hydrogens is 410 g/mol. The van der Waals surface area contributed by atoms with Crippen molar-refractivity contribution in [1.82, 2.24) is 9.21 Å². The second kappa shape index (κ2) is 9.51. The maximum atomic E-state index is 12.9. The van der Waals surface area contributed by atoms with E-state index >= 15 is 0 Å². The molecule has 0 radical (unpaired) electrons. The lowest BCUT2D eigenvalue weighted by Gasteiger charge is -2.24. The number of aryl methyl sites for hydroxylation is 1. The lowest BCUT2D eigenvalue weighted by atomic mass is 10.1. The minimum atomic E-state index is -3.48. The Labute approximate surface area is 185 Å². The van der Waals surface area contributed by atoms with Gasteiger partial charge in [0.05, 0.1) is 11.4 Å². The van der Waals surface area contributed by atoms with Crippen LogP contribution in [0.25, 0.3) is 0 Å². The van der Waals surface area contributed by atoms with E-state index < -0.39 is 10.0 Å². The van der Waals surface area contributed by atoms with Gasteiger partial charge in [0.2, 0.25) is 15.9 Å². The van der Waals surface area contributed by atoms with Gasteiger partial charge in [0.15, 0.2) is 0 Å². The number of hydrogen-bond donors (Lipinski definition) is 1. The highest BCUT2D eigenvalue weighted by Crippen LogP contribution is 2.34. The Kier molecular flexibility index (Phi) is 6.74. The first kappa shape index (κ1) is 22.0. The Morgan fingerprint density at radius 2 is 1.71 bits per heavy atom. The minimum Gasteiger partial charge on any atom is -0.325 e. The van der Waals surface area contributed by atoms with Crippen LogP contribution >= 0.6 is 0 Å². The average molecular weight is 442 g/mol. The summed E-state index contributed by atoms with van der Waals surface area (Å²) in [6.45, 7) is 1.45. The summed E-state index contributed by atoms with van der Waals surface area (Å²) in [4.78, 5) is 14.9. The SMILES string of the molecule is CN(CC(=O)Nc1ccc(S(=O)(=O)N2CCCCCC2)cc1)[C@@H]1CCc2ccccc21. The van der Waals surface area contributed by atoms with E-state index in [1.54, 1.807) is 28.6 Å². The van der Waals surface area contributed by atoms with E-state index in [0.717, 1.165) is 38.5 Å². The Morgan fingerprint density at radius 1 is 1.03 bits per heavy atom. The van der Waals surface area contributed by atoms with Crippen LogP contribution in [0.2, 0.25) is 0 Å². The summed E-state index contributed by atoms with van der Waals surface area (Å²) in [7, 11) is -1.50. The normalized spacial score (nSPS) is 19.7. The van der Waals surface area contributed by atoms with Crippen molar-refractivity contribution in [2.75, 3.05) is 32.0 Å². The quantitative estimate of drug-likeness (QED) is 0.740. The van der Waals surface area contributed by atoms with Gasteiger partial charge in [-0.05, 0) is 68.1 Å². The highest BCUT2D eigenvalue weighted by atomic mass is 32.2. The van der Waals surface area contributed by atoms with Crippen LogP contribution in [0.3, 0.4) is 0 Å². The van der Waals surface area contributed by atoms with Gasteiger partial charge in [-0.15, -0.1) is 0 Å². The zero-order valence-corrected chi connectivity index (χ0v) is 18.9. The van der Waals surface area contributed by atoms with E-state index in [-0.39, 0.29) is 23.4 Å². The number of benzene rings is 2. The van der Waals surface area contributed by atoms with Gasteiger partial charge in [-0.2, -0.15) is 4.31 Å². The van der Waals surface area contributed by atoms with Gasteiger partial charge in [-0.1, -0.05) is 37.1 Å². The first-order chi connectivity index (χ1) is 14.9. The van der Waals surface area contributed by atoms with Crippen molar-refractivity contribution in [3.8, 4) is 0 Å². The molecule has 0 bridgehead atoms. The predicted octanol–water partition coefficient (Wildman–Crippen LogP) is 3.81. The molecule has 1 fully saturated rings. The maximum Gasteiger partial charge on any atom is 0.243 e. The molecule has 1 atom stereocenters. The van der Waals surface area contributed by atoms with Crippen LogP contribution in [-0.4, -0.2) is 50.2 Å². The largest absolute Gasteiger partial charge is 0.325 e. The monoisotopic (exact) mass is 441 g/mol. The molecule has 1 saturated heterocycles. The minimum absolute atomic E-state index is 0.102. The number of carbonyl (C=O) groups is 1. The first-order valence-electron chi connectivity index (χ1n) is 11.1. The Balaban J connectivity index is 1.36. The van der Waals surface area contributed by atoms with Crippen LogP contribution in [0.1, 0.15) is 49.3 Å². The molecule has 0 aromatic heterocycles. The van der Waals surface area contributed by atoms with Crippen LogP contribution in [0.4, 0.5) is 5.69 Å². The Bertz CT molecular complexity index is 1010. The molecule has 1 N–H and O–H groups in total. The molecule has 0 saturated carbocycles. The molecule has 1 amide bonds. The number of amides is 1. The maximum absolute atomic E-state index is 12.9. The number of hydrogen-bond acceptors (Lipinski definition) is 4. The summed E-state index contributed by atoms with van der Waals surface area (Å²) in [6.07, 6.45) is 6.04. The summed E-state index contributed by atoms with van der Waals surface area (Å²) in [6, 6.07) is 15.2. The number of anilines is 1. The highest BCUT2D eigenvalue weighted by molar-refractivity contribution is 7.89. The van der Waals surface area contributed by atoms with E-state index in [1.165, 1.54) is 11.1 Å².